The molecule has 0 amide bonds. The van der Waals surface area contributed by atoms with Gasteiger partial charge in [0.15, 0.2) is 5.65 Å². The molecule has 19 heavy (non-hydrogen) atoms. The molecule has 0 spiro atoms. The maximum atomic E-state index is 13.1. The van der Waals surface area contributed by atoms with Crippen molar-refractivity contribution in [2.75, 3.05) is 0 Å². The largest absolute Gasteiger partial charge is 0.328 e. The molecule has 0 radical (unpaired) electrons. The molecule has 0 saturated heterocycles. The van der Waals surface area contributed by atoms with Crippen LogP contribution in [0.15, 0.2) is 35.3 Å². The van der Waals surface area contributed by atoms with Gasteiger partial charge in [0.05, 0.1) is 17.8 Å². The zero-order valence-corrected chi connectivity index (χ0v) is 11.8. The van der Waals surface area contributed by atoms with Crippen molar-refractivity contribution < 1.29 is 4.39 Å². The van der Waals surface area contributed by atoms with E-state index in [9.17, 15) is 9.18 Å². The van der Waals surface area contributed by atoms with Crippen LogP contribution in [0.4, 0.5) is 4.39 Å². The molecule has 7 heteroatoms. The van der Waals surface area contributed by atoms with Crippen LogP contribution in [0.2, 0.25) is 0 Å². The van der Waals surface area contributed by atoms with E-state index >= 15 is 0 Å². The van der Waals surface area contributed by atoms with E-state index in [-0.39, 0.29) is 12.2 Å². The number of halogens is 2. The molecule has 96 valence electrons. The van der Waals surface area contributed by atoms with Gasteiger partial charge in [0.2, 0.25) is 5.95 Å². The first-order valence-corrected chi connectivity index (χ1v) is 6.57. The van der Waals surface area contributed by atoms with Crippen molar-refractivity contribution in [3.8, 4) is 0 Å². The Balaban J connectivity index is 2.12. The minimum absolute atomic E-state index is 0.207. The lowest BCUT2D eigenvalue weighted by Gasteiger charge is -2.03. The number of pyridine rings is 2. The van der Waals surface area contributed by atoms with Crippen molar-refractivity contribution >= 4 is 33.8 Å². The molecule has 0 unspecified atom stereocenters. The van der Waals surface area contributed by atoms with Crippen molar-refractivity contribution in [3.63, 3.8) is 0 Å². The van der Waals surface area contributed by atoms with Crippen LogP contribution in [0.5, 0.6) is 0 Å². The number of fused-ring (bicyclic) bond motifs is 1. The highest BCUT2D eigenvalue weighted by molar-refractivity contribution is 14.1. The lowest BCUT2D eigenvalue weighted by atomic mass is 10.3. The number of nitrogens with zero attached hydrogens (tertiary/aromatic N) is 3. The molecule has 3 aromatic heterocycles. The number of rotatable bonds is 2. The van der Waals surface area contributed by atoms with Gasteiger partial charge < -0.3 is 0 Å². The summed E-state index contributed by atoms with van der Waals surface area (Å²) in [4.78, 5) is 22.4. The first kappa shape index (κ1) is 12.3. The van der Waals surface area contributed by atoms with E-state index in [4.69, 9.17) is 0 Å². The SMILES string of the molecule is O=c1[nH]c2ncc(I)cc2n1Cc1cccc(F)n1. The molecule has 0 aromatic carbocycles. The fraction of sp³-hybridized carbons (Fsp3) is 0.0833. The molecular formula is C12H8FIN4O. The Bertz CT molecular complexity index is 811. The summed E-state index contributed by atoms with van der Waals surface area (Å²) < 4.78 is 15.5. The molecule has 1 N–H and O–H groups in total. The van der Waals surface area contributed by atoms with Crippen LogP contribution in [0.25, 0.3) is 11.2 Å². The number of H-pyrrole nitrogens is 1. The van der Waals surface area contributed by atoms with Gasteiger partial charge in [-0.3, -0.25) is 9.55 Å². The summed E-state index contributed by atoms with van der Waals surface area (Å²) in [6, 6.07) is 6.36. The van der Waals surface area contributed by atoms with Gasteiger partial charge in [-0.15, -0.1) is 0 Å². The van der Waals surface area contributed by atoms with E-state index < -0.39 is 5.95 Å². The lowest BCUT2D eigenvalue weighted by Crippen LogP contribution is -2.18. The molecule has 3 rings (SSSR count). The first-order valence-electron chi connectivity index (χ1n) is 5.49. The van der Waals surface area contributed by atoms with Gasteiger partial charge in [0.25, 0.3) is 0 Å². The zero-order chi connectivity index (χ0) is 13.4. The Morgan fingerprint density at radius 2 is 2.26 bits per heavy atom. The number of aromatic nitrogens is 4. The Hall–Kier alpha value is -1.77. The van der Waals surface area contributed by atoms with E-state index in [1.165, 1.54) is 10.6 Å². The number of nitrogens with one attached hydrogen (secondary N) is 1. The van der Waals surface area contributed by atoms with Crippen LogP contribution in [-0.2, 0) is 6.54 Å². The van der Waals surface area contributed by atoms with Gasteiger partial charge in [0, 0.05) is 9.77 Å². The molecule has 0 fully saturated rings. The van der Waals surface area contributed by atoms with Gasteiger partial charge in [-0.05, 0) is 40.8 Å². The fourth-order valence-corrected chi connectivity index (χ4v) is 2.30. The zero-order valence-electron chi connectivity index (χ0n) is 9.60. The topological polar surface area (TPSA) is 63.6 Å². The maximum absolute atomic E-state index is 13.1. The summed E-state index contributed by atoms with van der Waals surface area (Å²) >= 11 is 2.12. The van der Waals surface area contributed by atoms with Crippen molar-refractivity contribution in [3.05, 3.63) is 56.2 Å². The minimum Gasteiger partial charge on any atom is -0.290 e. The normalized spacial score (nSPS) is 11.1. The molecule has 5 nitrogen and oxygen atoms in total. The average Bonchev–Trinajstić information content (AvgIpc) is 2.66. The third-order valence-corrected chi connectivity index (χ3v) is 3.28. The van der Waals surface area contributed by atoms with Crippen LogP contribution in [0.3, 0.4) is 0 Å². The van der Waals surface area contributed by atoms with Crippen molar-refractivity contribution in [1.29, 1.82) is 0 Å². The van der Waals surface area contributed by atoms with Crippen molar-refractivity contribution in [2.24, 2.45) is 0 Å². The fourth-order valence-electron chi connectivity index (χ4n) is 1.87. The summed E-state index contributed by atoms with van der Waals surface area (Å²) in [5, 5.41) is 0. The third-order valence-electron chi connectivity index (χ3n) is 2.69. The maximum Gasteiger partial charge on any atom is 0.328 e. The standard InChI is InChI=1S/C12H8FIN4O/c13-10-3-1-2-8(16-10)6-18-9-4-7(14)5-15-11(9)17-12(18)19/h1-5H,6H2,(H,15,17,19). The summed E-state index contributed by atoms with van der Waals surface area (Å²) in [6.07, 6.45) is 1.67. The Labute approximate surface area is 120 Å². The summed E-state index contributed by atoms with van der Waals surface area (Å²) in [5.74, 6) is -0.557. The van der Waals surface area contributed by atoms with Crippen molar-refractivity contribution in [2.45, 2.75) is 6.54 Å². The Morgan fingerprint density at radius 3 is 3.05 bits per heavy atom. The van der Waals surface area contributed by atoms with E-state index in [2.05, 4.69) is 37.5 Å². The molecular weight excluding hydrogens is 362 g/mol. The van der Waals surface area contributed by atoms with Gasteiger partial charge in [0.1, 0.15) is 0 Å². The molecule has 0 aliphatic carbocycles. The smallest absolute Gasteiger partial charge is 0.290 e. The molecule has 3 aromatic rings. The van der Waals surface area contributed by atoms with Gasteiger partial charge >= 0.3 is 5.69 Å². The van der Waals surface area contributed by atoms with Gasteiger partial charge in [-0.2, -0.15) is 4.39 Å². The Kier molecular flexibility index (Phi) is 3.05. The second-order valence-electron chi connectivity index (χ2n) is 3.99. The van der Waals surface area contributed by atoms with E-state index in [0.29, 0.717) is 16.9 Å². The predicted molar refractivity (Wildman–Crippen MR) is 76.4 cm³/mol. The number of hydrogen-bond donors (Lipinski definition) is 1. The molecule has 3 heterocycles. The van der Waals surface area contributed by atoms with E-state index in [1.54, 1.807) is 18.3 Å². The predicted octanol–water partition coefficient (Wildman–Crippen LogP) is 1.91. The number of imidazole rings is 1. The second kappa shape index (κ2) is 4.72. The monoisotopic (exact) mass is 370 g/mol. The van der Waals surface area contributed by atoms with E-state index in [0.717, 1.165) is 3.57 Å². The summed E-state index contributed by atoms with van der Waals surface area (Å²) in [7, 11) is 0. The van der Waals surface area contributed by atoms with Gasteiger partial charge in [-0.1, -0.05) is 6.07 Å². The number of aromatic amines is 1. The van der Waals surface area contributed by atoms with Crippen LogP contribution in [0, 0.1) is 9.52 Å². The highest BCUT2D eigenvalue weighted by Gasteiger charge is 2.09. The molecule has 0 saturated carbocycles. The van der Waals surface area contributed by atoms with Crippen LogP contribution >= 0.6 is 22.6 Å². The highest BCUT2D eigenvalue weighted by atomic mass is 127. The molecule has 0 aliphatic heterocycles. The Morgan fingerprint density at radius 1 is 1.42 bits per heavy atom. The number of hydrogen-bond acceptors (Lipinski definition) is 3. The van der Waals surface area contributed by atoms with Crippen molar-refractivity contribution in [1.82, 2.24) is 19.5 Å². The van der Waals surface area contributed by atoms with Crippen LogP contribution in [-0.4, -0.2) is 19.5 Å². The quantitative estimate of drug-likeness (QED) is 0.554. The summed E-state index contributed by atoms with van der Waals surface area (Å²) in [5.41, 5.74) is 1.40. The van der Waals surface area contributed by atoms with Crippen LogP contribution < -0.4 is 5.69 Å². The average molecular weight is 370 g/mol. The molecule has 0 atom stereocenters. The van der Waals surface area contributed by atoms with Crippen LogP contribution in [0.1, 0.15) is 5.69 Å². The lowest BCUT2D eigenvalue weighted by molar-refractivity contribution is 0.572. The molecule has 0 aliphatic rings. The second-order valence-corrected chi connectivity index (χ2v) is 5.23. The summed E-state index contributed by atoms with van der Waals surface area (Å²) in [6.45, 7) is 0.207. The first-order chi connectivity index (χ1) is 9.13. The highest BCUT2D eigenvalue weighted by Crippen LogP contribution is 2.12. The third kappa shape index (κ3) is 2.37. The van der Waals surface area contributed by atoms with Gasteiger partial charge in [-0.25, -0.2) is 14.8 Å². The van der Waals surface area contributed by atoms with E-state index in [1.807, 2.05) is 6.07 Å². The minimum atomic E-state index is -0.557. The molecule has 0 bridgehead atoms.